The lowest BCUT2D eigenvalue weighted by Crippen LogP contribution is -2.17. The molecule has 0 radical (unpaired) electrons. The first-order chi connectivity index (χ1) is 13.8. The van der Waals surface area contributed by atoms with Crippen LogP contribution in [0.2, 0.25) is 0 Å². The van der Waals surface area contributed by atoms with E-state index in [1.807, 2.05) is 0 Å². The third-order valence-corrected chi connectivity index (χ3v) is 7.37. The van der Waals surface area contributed by atoms with Gasteiger partial charge in [0.25, 0.3) is 0 Å². The van der Waals surface area contributed by atoms with Gasteiger partial charge in [-0.25, -0.2) is 0 Å². The first-order valence-electron chi connectivity index (χ1n) is 12.6. The molecule has 2 heteroatoms. The Kier molecular flexibility index (Phi) is 12.5. The molecule has 0 aromatic carbocycles. The Hall–Kier alpha value is -0.340. The summed E-state index contributed by atoms with van der Waals surface area (Å²) in [4.78, 5) is 0. The summed E-state index contributed by atoms with van der Waals surface area (Å²) < 4.78 is 5.15. The maximum atomic E-state index is 10.5. The molecule has 164 valence electrons. The van der Waals surface area contributed by atoms with Gasteiger partial charge in [-0.3, -0.25) is 0 Å². The summed E-state index contributed by atoms with van der Waals surface area (Å²) in [5, 5.41) is 10.5. The first-order valence-corrected chi connectivity index (χ1v) is 12.6. The van der Waals surface area contributed by atoms with Crippen LogP contribution in [-0.4, -0.2) is 24.9 Å². The average molecular weight is 393 g/mol. The van der Waals surface area contributed by atoms with Crippen LogP contribution in [0.4, 0.5) is 0 Å². The summed E-state index contributed by atoms with van der Waals surface area (Å²) in [7, 11) is 1.80. The zero-order chi connectivity index (χ0) is 20.0. The van der Waals surface area contributed by atoms with Crippen molar-refractivity contribution >= 4 is 0 Å². The zero-order valence-corrected chi connectivity index (χ0v) is 18.9. The van der Waals surface area contributed by atoms with E-state index < -0.39 is 0 Å². The lowest BCUT2D eigenvalue weighted by atomic mass is 9.89. The Morgan fingerprint density at radius 1 is 0.857 bits per heavy atom. The van der Waals surface area contributed by atoms with Gasteiger partial charge in [-0.2, -0.15) is 0 Å². The Morgan fingerprint density at radius 3 is 2.32 bits per heavy atom. The van der Waals surface area contributed by atoms with Gasteiger partial charge < -0.3 is 9.84 Å². The Bertz CT molecular complexity index is 405. The van der Waals surface area contributed by atoms with Crippen LogP contribution in [0.3, 0.4) is 0 Å². The molecule has 2 saturated carbocycles. The largest absolute Gasteiger partial charge is 0.392 e. The first kappa shape index (κ1) is 23.9. The predicted molar refractivity (Wildman–Crippen MR) is 121 cm³/mol. The van der Waals surface area contributed by atoms with Crippen molar-refractivity contribution in [2.75, 3.05) is 13.7 Å². The van der Waals surface area contributed by atoms with Crippen molar-refractivity contribution in [1.82, 2.24) is 0 Å². The molecule has 0 amide bonds. The van der Waals surface area contributed by atoms with Crippen LogP contribution >= 0.6 is 0 Å². The summed E-state index contributed by atoms with van der Waals surface area (Å²) in [5.41, 5.74) is 0. The van der Waals surface area contributed by atoms with Crippen LogP contribution in [0.25, 0.3) is 0 Å². The van der Waals surface area contributed by atoms with Crippen molar-refractivity contribution in [2.45, 2.75) is 116 Å². The van der Waals surface area contributed by atoms with E-state index in [1.54, 1.807) is 7.11 Å². The number of allylic oxidation sites excluding steroid dienone is 1. The van der Waals surface area contributed by atoms with Gasteiger partial charge in [0, 0.05) is 19.6 Å². The normalized spacial score (nSPS) is 29.8. The molecule has 0 saturated heterocycles. The van der Waals surface area contributed by atoms with Gasteiger partial charge in [-0.15, -0.1) is 0 Å². The Labute approximate surface area is 175 Å². The summed E-state index contributed by atoms with van der Waals surface area (Å²) in [6.45, 7) is 3.19. The summed E-state index contributed by atoms with van der Waals surface area (Å²) in [5.74, 6) is 2.90. The zero-order valence-electron chi connectivity index (χ0n) is 18.9. The van der Waals surface area contributed by atoms with Gasteiger partial charge in [-0.1, -0.05) is 83.3 Å². The topological polar surface area (TPSA) is 29.5 Å². The van der Waals surface area contributed by atoms with E-state index in [0.717, 1.165) is 30.8 Å². The molecule has 2 rings (SSSR count). The molecule has 0 aliphatic heterocycles. The third kappa shape index (κ3) is 8.57. The second-order valence-electron chi connectivity index (χ2n) is 9.68. The van der Waals surface area contributed by atoms with Gasteiger partial charge in [0.1, 0.15) is 0 Å². The molecule has 2 aliphatic rings. The van der Waals surface area contributed by atoms with Crippen molar-refractivity contribution in [3.05, 3.63) is 12.2 Å². The molecule has 3 unspecified atom stereocenters. The smallest absolute Gasteiger partial charge is 0.0608 e. The van der Waals surface area contributed by atoms with Crippen molar-refractivity contribution in [3.8, 4) is 0 Å². The Morgan fingerprint density at radius 2 is 1.57 bits per heavy atom. The fraction of sp³-hybridized carbons (Fsp3) is 0.923. The van der Waals surface area contributed by atoms with E-state index in [4.69, 9.17) is 4.74 Å². The summed E-state index contributed by atoms with van der Waals surface area (Å²) in [6, 6.07) is 0. The lowest BCUT2D eigenvalue weighted by Gasteiger charge is -2.19. The van der Waals surface area contributed by atoms with Gasteiger partial charge >= 0.3 is 0 Å². The third-order valence-electron chi connectivity index (χ3n) is 7.37. The van der Waals surface area contributed by atoms with Crippen molar-refractivity contribution in [2.24, 2.45) is 23.7 Å². The highest BCUT2D eigenvalue weighted by Crippen LogP contribution is 2.51. The average Bonchev–Trinajstić information content (AvgIpc) is 3.20. The number of rotatable bonds is 16. The molecule has 1 N–H and O–H groups in total. The SMILES string of the molecule is CCCCCCCCCC/C=C/[C@@H]1C2CC(CCCCCOC)CC2C[C@H]1O. The fourth-order valence-corrected chi connectivity index (χ4v) is 5.78. The maximum absolute atomic E-state index is 10.5. The Balaban J connectivity index is 1.57. The lowest BCUT2D eigenvalue weighted by molar-refractivity contribution is 0.134. The quantitative estimate of drug-likeness (QED) is 0.220. The van der Waals surface area contributed by atoms with Gasteiger partial charge in [0.05, 0.1) is 6.10 Å². The number of methoxy groups -OCH3 is 1. The molecule has 2 aliphatic carbocycles. The molecule has 0 bridgehead atoms. The van der Waals surface area contributed by atoms with E-state index in [-0.39, 0.29) is 6.10 Å². The number of hydrogen-bond donors (Lipinski definition) is 1. The monoisotopic (exact) mass is 392 g/mol. The van der Waals surface area contributed by atoms with Crippen LogP contribution < -0.4 is 0 Å². The number of hydrogen-bond acceptors (Lipinski definition) is 2. The number of fused-ring (bicyclic) bond motifs is 1. The van der Waals surface area contributed by atoms with Gasteiger partial charge in [0.15, 0.2) is 0 Å². The van der Waals surface area contributed by atoms with Crippen LogP contribution in [0.5, 0.6) is 0 Å². The number of ether oxygens (including phenoxy) is 1. The van der Waals surface area contributed by atoms with Crippen LogP contribution in [-0.2, 0) is 4.74 Å². The molecular weight excluding hydrogens is 344 g/mol. The molecule has 5 atom stereocenters. The highest BCUT2D eigenvalue weighted by molar-refractivity contribution is 5.05. The number of aliphatic hydroxyl groups is 1. The minimum absolute atomic E-state index is 0.0764. The van der Waals surface area contributed by atoms with Crippen molar-refractivity contribution in [3.63, 3.8) is 0 Å². The second-order valence-corrected chi connectivity index (χ2v) is 9.68. The minimum Gasteiger partial charge on any atom is -0.392 e. The molecule has 0 aromatic rings. The van der Waals surface area contributed by atoms with Gasteiger partial charge in [0.2, 0.25) is 0 Å². The van der Waals surface area contributed by atoms with E-state index in [9.17, 15) is 5.11 Å². The summed E-state index contributed by atoms with van der Waals surface area (Å²) in [6.07, 6.45) is 26.1. The van der Waals surface area contributed by atoms with Crippen molar-refractivity contribution in [1.29, 1.82) is 0 Å². The fourth-order valence-electron chi connectivity index (χ4n) is 5.78. The maximum Gasteiger partial charge on any atom is 0.0608 e. The summed E-state index contributed by atoms with van der Waals surface area (Å²) >= 11 is 0. The number of unbranched alkanes of at least 4 members (excludes halogenated alkanes) is 10. The highest BCUT2D eigenvalue weighted by Gasteiger charge is 2.46. The molecule has 0 aromatic heterocycles. The molecule has 0 heterocycles. The molecule has 0 spiro atoms. The molecule has 2 nitrogen and oxygen atoms in total. The van der Waals surface area contributed by atoms with Gasteiger partial charge in [-0.05, 0) is 56.3 Å². The minimum atomic E-state index is -0.0764. The van der Waals surface area contributed by atoms with E-state index in [1.165, 1.54) is 96.3 Å². The van der Waals surface area contributed by atoms with Crippen LogP contribution in [0.15, 0.2) is 12.2 Å². The predicted octanol–water partition coefficient (Wildman–Crippen LogP) is 7.30. The van der Waals surface area contributed by atoms with Crippen molar-refractivity contribution < 1.29 is 9.84 Å². The standard InChI is InChI=1S/C26H48O2/c1-3-4-5-6-7-8-9-10-11-14-17-24-25-20-22(16-13-12-15-18-28-2)19-23(25)21-26(24)27/h14,17,22-27H,3-13,15-16,18-21H2,1-2H3/b17-14+/t22?,23?,24-,25?,26-/m1/s1. The second kappa shape index (κ2) is 14.6. The van der Waals surface area contributed by atoms with E-state index in [0.29, 0.717) is 5.92 Å². The highest BCUT2D eigenvalue weighted by atomic mass is 16.5. The van der Waals surface area contributed by atoms with Crippen LogP contribution in [0.1, 0.15) is 110 Å². The van der Waals surface area contributed by atoms with E-state index in [2.05, 4.69) is 19.1 Å². The molecular formula is C26H48O2. The van der Waals surface area contributed by atoms with E-state index >= 15 is 0 Å². The van der Waals surface area contributed by atoms with Crippen LogP contribution in [0, 0.1) is 23.7 Å². The molecule has 2 fully saturated rings. The number of aliphatic hydroxyl groups excluding tert-OH is 1. The molecule has 28 heavy (non-hydrogen) atoms.